The molecule has 6 rings (SSSR count). The second kappa shape index (κ2) is 10.8. The molecule has 0 amide bonds. The molecule has 40 heavy (non-hydrogen) atoms. The van der Waals surface area contributed by atoms with Crippen LogP contribution in [-0.2, 0) is 0 Å². The van der Waals surface area contributed by atoms with E-state index in [1.54, 1.807) is 7.11 Å². The SMILES string of the molecule is CCCOc1ccc(-c2nn(-c3ccccc3)cc2C=c2sc3nc(-c4ccc(OC)cc4)nn3c2=O)cc1C. The zero-order chi connectivity index (χ0) is 27.6. The average Bonchev–Trinajstić information content (AvgIpc) is 3.68. The van der Waals surface area contributed by atoms with Gasteiger partial charge in [-0.05, 0) is 79.6 Å². The fourth-order valence-corrected chi connectivity index (χ4v) is 5.34. The average molecular weight is 550 g/mol. The lowest BCUT2D eigenvalue weighted by Crippen LogP contribution is -2.23. The summed E-state index contributed by atoms with van der Waals surface area (Å²) in [7, 11) is 1.62. The molecule has 8 nitrogen and oxygen atoms in total. The van der Waals surface area contributed by atoms with Crippen molar-refractivity contribution in [1.29, 1.82) is 0 Å². The summed E-state index contributed by atoms with van der Waals surface area (Å²) in [5.41, 5.74) is 5.09. The number of fused-ring (bicyclic) bond motifs is 1. The van der Waals surface area contributed by atoms with E-state index in [0.29, 0.717) is 21.9 Å². The zero-order valence-corrected chi connectivity index (χ0v) is 23.2. The first kappa shape index (κ1) is 25.5. The van der Waals surface area contributed by atoms with E-state index in [9.17, 15) is 4.79 Å². The summed E-state index contributed by atoms with van der Waals surface area (Å²) < 4.78 is 14.8. The Kier molecular flexibility index (Phi) is 6.88. The summed E-state index contributed by atoms with van der Waals surface area (Å²) in [6, 6.07) is 23.4. The number of ether oxygens (including phenoxy) is 2. The largest absolute Gasteiger partial charge is 0.497 e. The Bertz CT molecular complexity index is 1910. The van der Waals surface area contributed by atoms with E-state index in [-0.39, 0.29) is 5.56 Å². The van der Waals surface area contributed by atoms with Gasteiger partial charge in [-0.25, -0.2) is 4.68 Å². The highest BCUT2D eigenvalue weighted by Gasteiger charge is 2.16. The lowest BCUT2D eigenvalue weighted by molar-refractivity contribution is 0.315. The molecule has 0 unspecified atom stereocenters. The Labute approximate surface area is 234 Å². The molecule has 0 aliphatic heterocycles. The van der Waals surface area contributed by atoms with Gasteiger partial charge in [-0.15, -0.1) is 5.10 Å². The molecule has 3 aromatic carbocycles. The predicted octanol–water partition coefficient (Wildman–Crippen LogP) is 5.32. The minimum Gasteiger partial charge on any atom is -0.497 e. The summed E-state index contributed by atoms with van der Waals surface area (Å²) in [6.45, 7) is 4.79. The molecule has 6 aromatic rings. The molecule has 0 bridgehead atoms. The molecule has 0 atom stereocenters. The molecule has 0 aliphatic carbocycles. The summed E-state index contributed by atoms with van der Waals surface area (Å²) in [6.07, 6.45) is 4.76. The third kappa shape index (κ3) is 4.87. The van der Waals surface area contributed by atoms with Crippen LogP contribution in [0.3, 0.4) is 0 Å². The number of aromatic nitrogens is 5. The third-order valence-electron chi connectivity index (χ3n) is 6.49. The summed E-state index contributed by atoms with van der Waals surface area (Å²) in [4.78, 5) is 18.5. The van der Waals surface area contributed by atoms with Crippen molar-refractivity contribution in [2.75, 3.05) is 13.7 Å². The fraction of sp³-hybridized carbons (Fsp3) is 0.161. The van der Waals surface area contributed by atoms with Crippen LogP contribution in [-0.4, -0.2) is 38.1 Å². The number of aryl methyl sites for hydroxylation is 1. The van der Waals surface area contributed by atoms with Crippen molar-refractivity contribution in [3.8, 4) is 39.8 Å². The number of methoxy groups -OCH3 is 1. The normalized spacial score (nSPS) is 11.8. The molecule has 9 heteroatoms. The van der Waals surface area contributed by atoms with Gasteiger partial charge in [-0.3, -0.25) is 4.79 Å². The third-order valence-corrected chi connectivity index (χ3v) is 7.45. The van der Waals surface area contributed by atoms with Gasteiger partial charge >= 0.3 is 0 Å². The first-order valence-corrected chi connectivity index (χ1v) is 13.8. The zero-order valence-electron chi connectivity index (χ0n) is 22.4. The van der Waals surface area contributed by atoms with Crippen LogP contribution in [0.25, 0.3) is 39.4 Å². The van der Waals surface area contributed by atoms with Crippen LogP contribution in [0.2, 0.25) is 0 Å². The van der Waals surface area contributed by atoms with E-state index in [4.69, 9.17) is 14.6 Å². The van der Waals surface area contributed by atoms with E-state index in [0.717, 1.165) is 51.6 Å². The van der Waals surface area contributed by atoms with Crippen molar-refractivity contribution in [2.24, 2.45) is 0 Å². The van der Waals surface area contributed by atoms with Gasteiger partial charge < -0.3 is 9.47 Å². The Morgan fingerprint density at radius 1 is 0.975 bits per heavy atom. The molecular weight excluding hydrogens is 522 g/mol. The van der Waals surface area contributed by atoms with Crippen LogP contribution in [0.5, 0.6) is 11.5 Å². The maximum Gasteiger partial charge on any atom is 0.291 e. The standard InChI is InChI=1S/C31H27N5O3S/c1-4-16-39-26-15-12-22(17-20(26)2)28-23(19-35(33-28)24-8-6-5-7-9-24)18-27-30(37)36-31(40-27)32-29(34-36)21-10-13-25(38-3)14-11-21/h5-15,17-19H,4,16H2,1-3H3. The first-order chi connectivity index (χ1) is 19.5. The Morgan fingerprint density at radius 2 is 1.75 bits per heavy atom. The molecule has 0 radical (unpaired) electrons. The number of thiazole rings is 1. The van der Waals surface area contributed by atoms with Gasteiger partial charge in [0.05, 0.1) is 23.9 Å². The Balaban J connectivity index is 1.43. The predicted molar refractivity (Wildman–Crippen MR) is 157 cm³/mol. The highest BCUT2D eigenvalue weighted by Crippen LogP contribution is 2.29. The molecule has 0 saturated carbocycles. The number of hydrogen-bond donors (Lipinski definition) is 0. The molecule has 3 heterocycles. The number of hydrogen-bond acceptors (Lipinski definition) is 7. The minimum absolute atomic E-state index is 0.217. The molecule has 0 aliphatic rings. The van der Waals surface area contributed by atoms with Crippen LogP contribution in [0.15, 0.2) is 83.8 Å². The molecule has 200 valence electrons. The first-order valence-electron chi connectivity index (χ1n) is 13.0. The number of benzene rings is 3. The van der Waals surface area contributed by atoms with Gasteiger partial charge in [0.15, 0.2) is 5.82 Å². The van der Waals surface area contributed by atoms with Gasteiger partial charge in [-0.2, -0.15) is 14.6 Å². The fourth-order valence-electron chi connectivity index (χ4n) is 4.44. The van der Waals surface area contributed by atoms with Gasteiger partial charge in [0.25, 0.3) is 5.56 Å². The van der Waals surface area contributed by atoms with E-state index >= 15 is 0 Å². The Morgan fingerprint density at radius 3 is 2.45 bits per heavy atom. The van der Waals surface area contributed by atoms with Crippen LogP contribution in [0, 0.1) is 6.92 Å². The van der Waals surface area contributed by atoms with E-state index in [2.05, 4.69) is 23.1 Å². The maximum absolute atomic E-state index is 13.4. The molecule has 0 fully saturated rings. The highest BCUT2D eigenvalue weighted by molar-refractivity contribution is 7.15. The van der Waals surface area contributed by atoms with Crippen molar-refractivity contribution in [3.63, 3.8) is 0 Å². The maximum atomic E-state index is 13.4. The van der Waals surface area contributed by atoms with Gasteiger partial charge in [0.2, 0.25) is 4.96 Å². The van der Waals surface area contributed by atoms with Crippen molar-refractivity contribution < 1.29 is 9.47 Å². The van der Waals surface area contributed by atoms with Crippen molar-refractivity contribution in [1.82, 2.24) is 24.4 Å². The summed E-state index contributed by atoms with van der Waals surface area (Å²) >= 11 is 1.31. The molecule has 0 saturated heterocycles. The highest BCUT2D eigenvalue weighted by atomic mass is 32.1. The Hall–Kier alpha value is -4.76. The second-order valence-electron chi connectivity index (χ2n) is 9.32. The van der Waals surface area contributed by atoms with Gasteiger partial charge in [0, 0.05) is 22.9 Å². The van der Waals surface area contributed by atoms with E-state index < -0.39 is 0 Å². The number of nitrogens with zero attached hydrogens (tertiary/aromatic N) is 5. The molecular formula is C31H27N5O3S. The van der Waals surface area contributed by atoms with E-state index in [1.807, 2.05) is 90.6 Å². The van der Waals surface area contributed by atoms with Crippen molar-refractivity contribution >= 4 is 22.4 Å². The van der Waals surface area contributed by atoms with Crippen LogP contribution < -0.4 is 19.6 Å². The molecule has 0 N–H and O–H groups in total. The quantitative estimate of drug-likeness (QED) is 0.255. The number of rotatable bonds is 8. The van der Waals surface area contributed by atoms with Crippen LogP contribution >= 0.6 is 11.3 Å². The minimum atomic E-state index is -0.217. The topological polar surface area (TPSA) is 83.5 Å². The lowest BCUT2D eigenvalue weighted by Gasteiger charge is -2.09. The van der Waals surface area contributed by atoms with Gasteiger partial charge in [0.1, 0.15) is 17.2 Å². The summed E-state index contributed by atoms with van der Waals surface area (Å²) in [5, 5.41) is 9.41. The van der Waals surface area contributed by atoms with E-state index in [1.165, 1.54) is 15.9 Å². The monoisotopic (exact) mass is 549 g/mol. The van der Waals surface area contributed by atoms with Crippen molar-refractivity contribution in [2.45, 2.75) is 20.3 Å². The molecule has 0 spiro atoms. The molecule has 3 aromatic heterocycles. The lowest BCUT2D eigenvalue weighted by atomic mass is 10.0. The van der Waals surface area contributed by atoms with Crippen LogP contribution in [0.4, 0.5) is 0 Å². The van der Waals surface area contributed by atoms with Crippen LogP contribution in [0.1, 0.15) is 24.5 Å². The summed E-state index contributed by atoms with van der Waals surface area (Å²) in [5.74, 6) is 2.10. The smallest absolute Gasteiger partial charge is 0.291 e. The van der Waals surface area contributed by atoms with Gasteiger partial charge in [-0.1, -0.05) is 36.5 Å². The second-order valence-corrected chi connectivity index (χ2v) is 10.3. The number of para-hydroxylation sites is 1. The van der Waals surface area contributed by atoms with Crippen molar-refractivity contribution in [3.05, 3.63) is 105 Å².